The van der Waals surface area contributed by atoms with Crippen LogP contribution in [0.5, 0.6) is 0 Å². The van der Waals surface area contributed by atoms with Crippen molar-refractivity contribution in [2.45, 2.75) is 27.7 Å². The van der Waals surface area contributed by atoms with Crippen LogP contribution < -0.4 is 41.2 Å². The summed E-state index contributed by atoms with van der Waals surface area (Å²) < 4.78 is 4.59. The van der Waals surface area contributed by atoms with Gasteiger partial charge >= 0.3 is 24.8 Å². The number of amides is 2. The Labute approximate surface area is 478 Å². The number of carbonyl (C=O) groups excluding carboxylic acids is 6. The van der Waals surface area contributed by atoms with Crippen molar-refractivity contribution in [3.8, 4) is 11.4 Å². The molecule has 0 bridgehead atoms. The number of ketones is 2. The Hall–Kier alpha value is -9.92. The van der Waals surface area contributed by atoms with E-state index >= 15 is 0 Å². The molecule has 0 aliphatic rings. The molecule has 0 fully saturated rings. The number of ether oxygens (including phenoxy) is 1. The van der Waals surface area contributed by atoms with Gasteiger partial charge in [0.15, 0.2) is 5.69 Å². The van der Waals surface area contributed by atoms with Crippen LogP contribution in [0.3, 0.4) is 0 Å². The van der Waals surface area contributed by atoms with Gasteiger partial charge in [0.25, 0.3) is 17.4 Å². The van der Waals surface area contributed by atoms with Crippen molar-refractivity contribution in [2.75, 3.05) is 33.3 Å². The monoisotopic (exact) mass is 1090 g/mol. The van der Waals surface area contributed by atoms with E-state index in [0.717, 1.165) is 26.2 Å². The number of carbonyl (C=O) groups is 6. The molecule has 81 heavy (non-hydrogen) atoms. The molecule has 5 N–H and O–H groups in total. The number of aromatic amines is 1. The third kappa shape index (κ3) is 19.2. The van der Waals surface area contributed by atoms with E-state index in [0.29, 0.717) is 33.7 Å². The van der Waals surface area contributed by atoms with Crippen LogP contribution in [0, 0.1) is 0 Å². The Kier molecular flexibility index (Phi) is 28.6. The number of nitrogens with one attached hydrogen (secondary N) is 1. The van der Waals surface area contributed by atoms with Gasteiger partial charge in [0, 0.05) is 81.1 Å². The number of hydrogen-bond donors (Lipinski definition) is 3. The molecule has 0 saturated heterocycles. The Morgan fingerprint density at radius 1 is 0.494 bits per heavy atom. The third-order valence-corrected chi connectivity index (χ3v) is 10.8. The summed E-state index contributed by atoms with van der Waals surface area (Å²) in [5, 5.41) is 18.0. The number of hydrazine groups is 1. The Balaban J connectivity index is 0.000000265. The number of rotatable bonds is 13. The number of aromatic nitrogens is 10. The number of carboxylic acid groups (broad SMARTS) is 1. The van der Waals surface area contributed by atoms with Crippen LogP contribution in [-0.4, -0.2) is 128 Å². The number of aromatic carboxylic acids is 1. The van der Waals surface area contributed by atoms with E-state index in [2.05, 4.69) is 66.5 Å². The zero-order valence-electron chi connectivity index (χ0n) is 45.3. The predicted octanol–water partition coefficient (Wildman–Crippen LogP) is 1.90. The van der Waals surface area contributed by atoms with E-state index in [1.54, 1.807) is 101 Å². The number of nitrogens with zero attached hydrogens (tertiary/aromatic N) is 11. The van der Waals surface area contributed by atoms with Crippen LogP contribution in [-0.2, 0) is 4.74 Å². The van der Waals surface area contributed by atoms with E-state index in [9.17, 15) is 38.7 Å². The normalized spacial score (nSPS) is 9.67. The molecule has 0 unspecified atom stereocenters. The number of fused-ring (bicyclic) bond motifs is 1. The molecule has 0 saturated carbocycles. The van der Waals surface area contributed by atoms with E-state index in [1.165, 1.54) is 56.2 Å². The van der Waals surface area contributed by atoms with Gasteiger partial charge < -0.3 is 24.4 Å². The molecule has 410 valence electrons. The Morgan fingerprint density at radius 2 is 0.877 bits per heavy atom. The summed E-state index contributed by atoms with van der Waals surface area (Å²) in [4.78, 5) is 116. The molecular formula is C57H57LiN14O9. The molecule has 9 rings (SSSR count). The second-order valence-electron chi connectivity index (χ2n) is 15.6. The molecule has 0 radical (unpaired) electrons. The van der Waals surface area contributed by atoms with E-state index in [-0.39, 0.29) is 75.9 Å². The maximum atomic E-state index is 12.2. The summed E-state index contributed by atoms with van der Waals surface area (Å²) in [6.45, 7) is 10.8. The smallest absolute Gasteiger partial charge is 0.543 e. The topological polar surface area (TPSA) is 342 Å². The molecule has 0 aromatic carbocycles. The number of hydrogen-bond acceptors (Lipinski definition) is 20. The van der Waals surface area contributed by atoms with Gasteiger partial charge in [0.05, 0.1) is 35.6 Å². The number of H-pyrrole nitrogens is 1. The Morgan fingerprint density at radius 3 is 1.27 bits per heavy atom. The summed E-state index contributed by atoms with van der Waals surface area (Å²) in [6, 6.07) is 35.7. The van der Waals surface area contributed by atoms with Crippen LogP contribution in [0.25, 0.3) is 22.3 Å². The minimum atomic E-state index is -1.48. The first-order valence-electron chi connectivity index (χ1n) is 24.5. The maximum absolute atomic E-state index is 12.2. The van der Waals surface area contributed by atoms with E-state index < -0.39 is 17.7 Å². The van der Waals surface area contributed by atoms with Crippen molar-refractivity contribution >= 4 is 46.2 Å². The van der Waals surface area contributed by atoms with Crippen LogP contribution >= 0.6 is 0 Å². The summed E-state index contributed by atoms with van der Waals surface area (Å²) in [6.07, 6.45) is 12.2. The summed E-state index contributed by atoms with van der Waals surface area (Å²) in [5.74, 6) is 5.04. The van der Waals surface area contributed by atoms with E-state index in [1.807, 2.05) is 64.1 Å². The molecule has 9 aromatic heterocycles. The average molecular weight is 1090 g/mol. The van der Waals surface area contributed by atoms with Gasteiger partial charge in [0.1, 0.15) is 34.0 Å². The quantitative estimate of drug-likeness (QED) is 0.0488. The van der Waals surface area contributed by atoms with Gasteiger partial charge in [-0.25, -0.2) is 14.9 Å². The SMILES string of the molecule is CCN(CC)C(=O)c1ccccn1.CCN(CC)C(=O)c1ccccn1.COC(=O)c1ncccc1C(=O)c1ccccn1.NN.O=C(c1ccccn1)c1cccnc1C(=O)[O-].O=c1[nH]nc(-c2ccccn2)c2cccnc12.[Li+]. The van der Waals surface area contributed by atoms with Crippen molar-refractivity contribution in [3.05, 3.63) is 233 Å². The Bertz CT molecular complexity index is 3400. The van der Waals surface area contributed by atoms with Crippen LogP contribution in [0.1, 0.15) is 102 Å². The van der Waals surface area contributed by atoms with Crippen molar-refractivity contribution in [3.63, 3.8) is 0 Å². The zero-order chi connectivity index (χ0) is 58.2. The number of carboxylic acids is 1. The van der Waals surface area contributed by atoms with Gasteiger partial charge in [-0.3, -0.25) is 70.5 Å². The number of esters is 1. The molecular weight excluding hydrogens is 1030 g/mol. The fourth-order valence-electron chi connectivity index (χ4n) is 6.89. The molecule has 0 spiro atoms. The van der Waals surface area contributed by atoms with Crippen molar-refractivity contribution < 1.29 is 57.5 Å². The summed E-state index contributed by atoms with van der Waals surface area (Å²) in [7, 11) is 1.24. The molecule has 9 heterocycles. The van der Waals surface area contributed by atoms with Gasteiger partial charge in [-0.15, -0.1) is 0 Å². The molecule has 2 amide bonds. The number of nitrogens with two attached hydrogens (primary N) is 2. The first kappa shape index (κ1) is 65.4. The van der Waals surface area contributed by atoms with Crippen molar-refractivity contribution in [1.82, 2.24) is 59.9 Å². The fourth-order valence-corrected chi connectivity index (χ4v) is 6.89. The molecule has 0 aliphatic heterocycles. The zero-order valence-corrected chi connectivity index (χ0v) is 45.3. The van der Waals surface area contributed by atoms with E-state index in [4.69, 9.17) is 0 Å². The fraction of sp³-hybridized carbons (Fsp3) is 0.158. The maximum Gasteiger partial charge on any atom is 1.00 e. The minimum Gasteiger partial charge on any atom is -0.543 e. The predicted molar refractivity (Wildman–Crippen MR) is 294 cm³/mol. The average Bonchev–Trinajstić information content (AvgIpc) is 3.58. The first-order chi connectivity index (χ1) is 38.9. The van der Waals surface area contributed by atoms with Crippen molar-refractivity contribution in [1.29, 1.82) is 0 Å². The first-order valence-corrected chi connectivity index (χ1v) is 24.5. The third-order valence-electron chi connectivity index (χ3n) is 10.8. The summed E-state index contributed by atoms with van der Waals surface area (Å²) in [5.41, 5.74) is 2.68. The van der Waals surface area contributed by atoms with Gasteiger partial charge in [-0.05, 0) is 125 Å². The number of methoxy groups -OCH3 is 1. The standard InChI is InChI=1S/C13H10N2O3.C12H8N4O.C12H8N2O3.2C10H14N2O.Li.H4N2/c1-18-13(17)11-9(5-4-8-15-11)12(16)10-6-2-3-7-14-10;17-12-11-8(4-3-7-14-11)10(15-16-12)9-5-1-2-6-13-9;15-11(9-5-1-2-6-13-9)8-4-3-7-14-10(8)12(16)17;2*1-3-12(4-2)10(13)9-7-5-6-8-11-9;;1-2/h2-8H,1H3;2*1-7H,(H,16,17);2*5-8H,3-4H2,1-2H3;;1-2H2/q;;;;;+1;/p-1. The molecule has 23 nitrogen and oxygen atoms in total. The van der Waals surface area contributed by atoms with Crippen LogP contribution in [0.4, 0.5) is 0 Å². The van der Waals surface area contributed by atoms with Gasteiger partial charge in [0.2, 0.25) is 11.6 Å². The summed E-state index contributed by atoms with van der Waals surface area (Å²) >= 11 is 0. The van der Waals surface area contributed by atoms with Crippen LogP contribution in [0.15, 0.2) is 182 Å². The van der Waals surface area contributed by atoms with Gasteiger partial charge in [-0.1, -0.05) is 30.3 Å². The minimum absolute atomic E-state index is 0. The molecule has 0 atom stereocenters. The van der Waals surface area contributed by atoms with Gasteiger partial charge in [-0.2, -0.15) is 5.10 Å². The second-order valence-corrected chi connectivity index (χ2v) is 15.6. The van der Waals surface area contributed by atoms with Crippen LogP contribution in [0.2, 0.25) is 0 Å². The number of pyridine rings is 8. The second kappa shape index (κ2) is 35.5. The molecule has 0 aliphatic carbocycles. The molecule has 9 aromatic rings. The molecule has 24 heteroatoms. The van der Waals surface area contributed by atoms with Crippen molar-refractivity contribution in [2.24, 2.45) is 11.7 Å². The largest absolute Gasteiger partial charge is 1.00 e.